The highest BCUT2D eigenvalue weighted by molar-refractivity contribution is 5.69. The van der Waals surface area contributed by atoms with E-state index in [1.165, 1.54) is 6.33 Å². The summed E-state index contributed by atoms with van der Waals surface area (Å²) in [7, 11) is 3.87. The number of nitrogens with two attached hydrogens (primary N) is 1. The van der Waals surface area contributed by atoms with Crippen molar-refractivity contribution in [3.8, 4) is 5.82 Å². The molecular weight excluding hydrogens is 268 g/mol. The molecule has 3 aromatic heterocycles. The topological polar surface area (TPSA) is 90.7 Å². The van der Waals surface area contributed by atoms with Crippen LogP contribution in [0.1, 0.15) is 5.82 Å². The van der Waals surface area contributed by atoms with Gasteiger partial charge in [-0.25, -0.2) is 19.6 Å². The molecule has 21 heavy (non-hydrogen) atoms. The third-order valence-corrected chi connectivity index (χ3v) is 3.22. The van der Waals surface area contributed by atoms with Crippen LogP contribution in [0.5, 0.6) is 0 Å². The lowest BCUT2D eigenvalue weighted by Crippen LogP contribution is -2.22. The normalized spacial score (nSPS) is 10.8. The minimum Gasteiger partial charge on any atom is -0.393 e. The van der Waals surface area contributed by atoms with Gasteiger partial charge in [-0.2, -0.15) is 5.10 Å². The molecule has 0 unspecified atom stereocenters. The van der Waals surface area contributed by atoms with Crippen molar-refractivity contribution < 1.29 is 0 Å². The average molecular weight is 284 g/mol. The minimum atomic E-state index is 0.484. The summed E-state index contributed by atoms with van der Waals surface area (Å²) in [6.45, 7) is 0.600. The summed E-state index contributed by atoms with van der Waals surface area (Å²) in [6.07, 6.45) is 8.63. The molecule has 3 heterocycles. The lowest BCUT2D eigenvalue weighted by molar-refractivity contribution is 0.752. The molecule has 0 bridgehead atoms. The Kier molecular flexibility index (Phi) is 3.27. The first-order valence-electron chi connectivity index (χ1n) is 6.44. The van der Waals surface area contributed by atoms with Crippen molar-refractivity contribution in [3.63, 3.8) is 0 Å². The third kappa shape index (κ3) is 2.42. The van der Waals surface area contributed by atoms with Crippen molar-refractivity contribution in [2.75, 3.05) is 17.7 Å². The molecule has 108 valence electrons. The van der Waals surface area contributed by atoms with Crippen molar-refractivity contribution in [2.45, 2.75) is 6.54 Å². The number of aromatic nitrogens is 6. The Bertz CT molecular complexity index is 730. The zero-order valence-corrected chi connectivity index (χ0v) is 11.9. The second-order valence-corrected chi connectivity index (χ2v) is 4.70. The highest BCUT2D eigenvalue weighted by Gasteiger charge is 2.15. The molecule has 0 aliphatic carbocycles. The van der Waals surface area contributed by atoms with Crippen LogP contribution >= 0.6 is 0 Å². The fourth-order valence-electron chi connectivity index (χ4n) is 2.09. The van der Waals surface area contributed by atoms with Crippen LogP contribution in [-0.2, 0) is 13.6 Å². The second kappa shape index (κ2) is 5.23. The van der Waals surface area contributed by atoms with E-state index in [1.54, 1.807) is 23.3 Å². The predicted octanol–water partition coefficient (Wildman–Crippen LogP) is 0.614. The number of imidazole rings is 1. The first-order chi connectivity index (χ1) is 10.2. The summed E-state index contributed by atoms with van der Waals surface area (Å²) in [4.78, 5) is 14.7. The Hall–Kier alpha value is -2.90. The monoisotopic (exact) mass is 284 g/mol. The quantitative estimate of drug-likeness (QED) is 0.755. The zero-order valence-electron chi connectivity index (χ0n) is 11.9. The number of rotatable bonds is 4. The van der Waals surface area contributed by atoms with Gasteiger partial charge >= 0.3 is 0 Å². The van der Waals surface area contributed by atoms with E-state index in [2.05, 4.69) is 20.1 Å². The standard InChI is InChI=1S/C13H16N8/c1-19-7-5-15-10(19)8-20(2)12-11(14)13(17-9-16-12)21-6-3-4-18-21/h3-7,9H,8,14H2,1-2H3. The smallest absolute Gasteiger partial charge is 0.181 e. The van der Waals surface area contributed by atoms with Crippen LogP contribution < -0.4 is 10.6 Å². The van der Waals surface area contributed by atoms with Gasteiger partial charge in [-0.1, -0.05) is 0 Å². The maximum absolute atomic E-state index is 6.19. The van der Waals surface area contributed by atoms with Crippen molar-refractivity contribution in [3.05, 3.63) is 43.0 Å². The maximum atomic E-state index is 6.19. The summed E-state index contributed by atoms with van der Waals surface area (Å²) < 4.78 is 3.58. The minimum absolute atomic E-state index is 0.484. The van der Waals surface area contributed by atoms with Crippen molar-refractivity contribution >= 4 is 11.5 Å². The van der Waals surface area contributed by atoms with E-state index in [-0.39, 0.29) is 0 Å². The first kappa shape index (κ1) is 13.1. The lowest BCUT2D eigenvalue weighted by Gasteiger charge is -2.20. The molecular formula is C13H16N8. The van der Waals surface area contributed by atoms with Gasteiger partial charge in [0.05, 0.1) is 6.54 Å². The summed E-state index contributed by atoms with van der Waals surface area (Å²) >= 11 is 0. The molecule has 0 saturated heterocycles. The molecule has 3 rings (SSSR count). The summed E-state index contributed by atoms with van der Waals surface area (Å²) in [5, 5.41) is 4.15. The van der Waals surface area contributed by atoms with Gasteiger partial charge < -0.3 is 15.2 Å². The van der Waals surface area contributed by atoms with Crippen LogP contribution in [0.15, 0.2) is 37.2 Å². The largest absolute Gasteiger partial charge is 0.393 e. The van der Waals surface area contributed by atoms with Gasteiger partial charge in [-0.3, -0.25) is 0 Å². The molecule has 3 aromatic rings. The van der Waals surface area contributed by atoms with Crippen molar-refractivity contribution in [1.29, 1.82) is 0 Å². The molecule has 0 atom stereocenters. The van der Waals surface area contributed by atoms with E-state index in [0.29, 0.717) is 23.9 Å². The van der Waals surface area contributed by atoms with Crippen LogP contribution in [0.4, 0.5) is 11.5 Å². The SMILES string of the molecule is CN(Cc1nccn1C)c1ncnc(-n2cccn2)c1N. The van der Waals surface area contributed by atoms with E-state index in [0.717, 1.165) is 5.82 Å². The Labute approximate surface area is 121 Å². The molecule has 0 fully saturated rings. The van der Waals surface area contributed by atoms with Gasteiger partial charge in [0.1, 0.15) is 17.8 Å². The molecule has 2 N–H and O–H groups in total. The van der Waals surface area contributed by atoms with Crippen LogP contribution in [-0.4, -0.2) is 36.3 Å². The fraction of sp³-hybridized carbons (Fsp3) is 0.231. The van der Waals surface area contributed by atoms with E-state index < -0.39 is 0 Å². The van der Waals surface area contributed by atoms with Crippen LogP contribution in [0.3, 0.4) is 0 Å². The molecule has 0 amide bonds. The lowest BCUT2D eigenvalue weighted by atomic mass is 10.4. The number of anilines is 2. The van der Waals surface area contributed by atoms with Gasteiger partial charge in [-0.05, 0) is 6.07 Å². The number of nitrogen functional groups attached to an aromatic ring is 1. The third-order valence-electron chi connectivity index (χ3n) is 3.22. The molecule has 0 aliphatic heterocycles. The van der Waals surface area contributed by atoms with Crippen LogP contribution in [0, 0.1) is 0 Å². The van der Waals surface area contributed by atoms with Gasteiger partial charge in [0.25, 0.3) is 0 Å². The van der Waals surface area contributed by atoms with Gasteiger partial charge in [0.2, 0.25) is 0 Å². The molecule has 0 spiro atoms. The van der Waals surface area contributed by atoms with Crippen LogP contribution in [0.25, 0.3) is 5.82 Å². The van der Waals surface area contributed by atoms with E-state index in [1.807, 2.05) is 35.8 Å². The second-order valence-electron chi connectivity index (χ2n) is 4.70. The van der Waals surface area contributed by atoms with Gasteiger partial charge in [0, 0.05) is 38.9 Å². The number of nitrogens with zero attached hydrogens (tertiary/aromatic N) is 7. The van der Waals surface area contributed by atoms with E-state index >= 15 is 0 Å². The predicted molar refractivity (Wildman–Crippen MR) is 78.9 cm³/mol. The summed E-state index contributed by atoms with van der Waals surface area (Å²) in [6, 6.07) is 1.82. The van der Waals surface area contributed by atoms with E-state index in [9.17, 15) is 0 Å². The molecule has 0 radical (unpaired) electrons. The first-order valence-corrected chi connectivity index (χ1v) is 6.44. The fourth-order valence-corrected chi connectivity index (χ4v) is 2.09. The van der Waals surface area contributed by atoms with Gasteiger partial charge in [-0.15, -0.1) is 0 Å². The molecule has 8 heteroatoms. The Balaban J connectivity index is 1.92. The number of hydrogen-bond acceptors (Lipinski definition) is 6. The Morgan fingerprint density at radius 3 is 2.71 bits per heavy atom. The number of aryl methyl sites for hydroxylation is 1. The summed E-state index contributed by atoms with van der Waals surface area (Å²) in [5.41, 5.74) is 6.67. The maximum Gasteiger partial charge on any atom is 0.181 e. The highest BCUT2D eigenvalue weighted by Crippen LogP contribution is 2.24. The van der Waals surface area contributed by atoms with Crippen molar-refractivity contribution in [2.24, 2.45) is 7.05 Å². The summed E-state index contributed by atoms with van der Waals surface area (Å²) in [5.74, 6) is 2.14. The van der Waals surface area contributed by atoms with Crippen LogP contribution in [0.2, 0.25) is 0 Å². The molecule has 0 saturated carbocycles. The Morgan fingerprint density at radius 1 is 1.19 bits per heavy atom. The molecule has 0 aliphatic rings. The molecule has 0 aromatic carbocycles. The van der Waals surface area contributed by atoms with Crippen molar-refractivity contribution in [1.82, 2.24) is 29.3 Å². The zero-order chi connectivity index (χ0) is 14.8. The van der Waals surface area contributed by atoms with Gasteiger partial charge in [0.15, 0.2) is 11.6 Å². The number of hydrogen-bond donors (Lipinski definition) is 1. The molecule has 8 nitrogen and oxygen atoms in total. The Morgan fingerprint density at radius 2 is 2.05 bits per heavy atom. The van der Waals surface area contributed by atoms with E-state index in [4.69, 9.17) is 5.73 Å². The average Bonchev–Trinajstić information content (AvgIpc) is 3.12. The highest BCUT2D eigenvalue weighted by atomic mass is 15.3.